The number of methoxy groups -OCH3 is 1. The molecule has 104 valence electrons. The van der Waals surface area contributed by atoms with Crippen molar-refractivity contribution in [1.29, 1.82) is 0 Å². The minimum Gasteiger partial charge on any atom is -0.609 e. The summed E-state index contributed by atoms with van der Waals surface area (Å²) in [6.07, 6.45) is -0.742. The Hall–Kier alpha value is -1.34. The van der Waals surface area contributed by atoms with E-state index in [1.54, 1.807) is 12.1 Å². The topological polar surface area (TPSA) is 81.0 Å². The van der Waals surface area contributed by atoms with Gasteiger partial charge in [-0.1, -0.05) is 17.2 Å². The van der Waals surface area contributed by atoms with E-state index >= 15 is 0 Å². The molecule has 1 rings (SSSR count). The first-order chi connectivity index (χ1) is 9.17. The van der Waals surface area contributed by atoms with Gasteiger partial charge in [-0.05, 0) is 23.2 Å². The monoisotopic (exact) mass is 289 g/mol. The van der Waals surface area contributed by atoms with Crippen molar-refractivity contribution in [1.82, 2.24) is 0 Å². The van der Waals surface area contributed by atoms with Crippen LogP contribution in [0.4, 0.5) is 8.78 Å². The number of nitrogens with zero attached hydrogens (tertiary/aromatic N) is 3. The van der Waals surface area contributed by atoms with E-state index in [1.165, 1.54) is 19.2 Å². The van der Waals surface area contributed by atoms with Crippen molar-refractivity contribution in [2.75, 3.05) is 19.8 Å². The maximum absolute atomic E-state index is 12.8. The Morgan fingerprint density at radius 1 is 1.42 bits per heavy atom. The van der Waals surface area contributed by atoms with Gasteiger partial charge < -0.3 is 9.29 Å². The van der Waals surface area contributed by atoms with Gasteiger partial charge in [-0.2, -0.15) is 4.39 Å². The summed E-state index contributed by atoms with van der Waals surface area (Å²) in [5.74, 6) is 0. The van der Waals surface area contributed by atoms with Crippen LogP contribution in [-0.4, -0.2) is 30.4 Å². The zero-order valence-electron chi connectivity index (χ0n) is 10.2. The molecule has 0 radical (unpaired) electrons. The summed E-state index contributed by atoms with van der Waals surface area (Å²) < 4.78 is 41.4. The fraction of sp³-hybridized carbons (Fsp3) is 0.455. The van der Waals surface area contributed by atoms with Crippen molar-refractivity contribution in [3.05, 3.63) is 40.3 Å². The number of azide groups is 1. The molecule has 1 aromatic rings. The number of rotatable bonds is 7. The lowest BCUT2D eigenvalue weighted by Gasteiger charge is -2.20. The third-order valence-corrected chi connectivity index (χ3v) is 3.53. The molecule has 0 N–H and O–H groups in total. The molecule has 0 spiro atoms. The van der Waals surface area contributed by atoms with E-state index in [4.69, 9.17) is 10.3 Å². The standard InChI is InChI=1S/C11H13F2N3O2S/c1-18-11(10(6-12)15-16-14)8-2-4-9(5-3-8)19(17)7-13/h2-5,10-11H,6-7H2,1H3/t10?,11-,19?/m1/s1. The summed E-state index contributed by atoms with van der Waals surface area (Å²) in [6, 6.07) is 4.11. The molecule has 8 heteroatoms. The Bertz CT molecular complexity index is 440. The van der Waals surface area contributed by atoms with Crippen LogP contribution in [0.5, 0.6) is 0 Å². The second kappa shape index (κ2) is 7.96. The number of ether oxygens (including phenoxy) is 1. The molecule has 1 aromatic carbocycles. The van der Waals surface area contributed by atoms with E-state index < -0.39 is 36.0 Å². The summed E-state index contributed by atoms with van der Waals surface area (Å²) in [6.45, 7) is -0.860. The minimum absolute atomic E-state index is 0.335. The highest BCUT2D eigenvalue weighted by Gasteiger charge is 2.22. The third-order valence-electron chi connectivity index (χ3n) is 2.53. The first-order valence-electron chi connectivity index (χ1n) is 5.35. The van der Waals surface area contributed by atoms with Gasteiger partial charge in [0.25, 0.3) is 0 Å². The Balaban J connectivity index is 2.96. The van der Waals surface area contributed by atoms with Crippen LogP contribution in [0.1, 0.15) is 11.7 Å². The van der Waals surface area contributed by atoms with Crippen molar-refractivity contribution in [2.24, 2.45) is 5.11 Å². The molecule has 0 amide bonds. The van der Waals surface area contributed by atoms with E-state index in [-0.39, 0.29) is 0 Å². The van der Waals surface area contributed by atoms with Gasteiger partial charge in [-0.25, -0.2) is 0 Å². The highest BCUT2D eigenvalue weighted by Crippen LogP contribution is 2.25. The van der Waals surface area contributed by atoms with Gasteiger partial charge in [-0.15, -0.1) is 0 Å². The molecule has 0 bridgehead atoms. The van der Waals surface area contributed by atoms with Crippen LogP contribution < -0.4 is 0 Å². The quantitative estimate of drug-likeness (QED) is 0.334. The van der Waals surface area contributed by atoms with Crippen molar-refractivity contribution < 1.29 is 18.1 Å². The molecule has 5 nitrogen and oxygen atoms in total. The molecule has 0 aliphatic rings. The molecule has 19 heavy (non-hydrogen) atoms. The molecule has 2 unspecified atom stereocenters. The predicted molar refractivity (Wildman–Crippen MR) is 67.5 cm³/mol. The van der Waals surface area contributed by atoms with Crippen LogP contribution in [0, 0.1) is 0 Å². The molecule has 0 fully saturated rings. The molecule has 0 aliphatic heterocycles. The molecule has 0 saturated heterocycles. The van der Waals surface area contributed by atoms with Crippen LogP contribution in [-0.2, 0) is 15.9 Å². The van der Waals surface area contributed by atoms with Crippen molar-refractivity contribution in [2.45, 2.75) is 17.0 Å². The van der Waals surface area contributed by atoms with Gasteiger partial charge >= 0.3 is 0 Å². The Morgan fingerprint density at radius 2 is 2.05 bits per heavy atom. The SMILES string of the molecule is CO[C@H](c1ccc([S+]([O-])CF)cc1)C(CF)N=[N+]=[N-]. The summed E-state index contributed by atoms with van der Waals surface area (Å²) in [7, 11) is 1.37. The molecule has 0 aromatic heterocycles. The zero-order chi connectivity index (χ0) is 14.3. The first kappa shape index (κ1) is 15.7. The summed E-state index contributed by atoms with van der Waals surface area (Å²) in [5.41, 5.74) is 8.93. The average Bonchev–Trinajstić information content (AvgIpc) is 2.46. The van der Waals surface area contributed by atoms with Gasteiger partial charge in [0.2, 0.25) is 6.01 Å². The lowest BCUT2D eigenvalue weighted by Crippen LogP contribution is -2.20. The van der Waals surface area contributed by atoms with Crippen LogP contribution in [0.25, 0.3) is 10.4 Å². The van der Waals surface area contributed by atoms with E-state index in [1.807, 2.05) is 0 Å². The van der Waals surface area contributed by atoms with Crippen LogP contribution in [0.15, 0.2) is 34.3 Å². The van der Waals surface area contributed by atoms with Gasteiger partial charge in [0.15, 0.2) is 4.90 Å². The zero-order valence-corrected chi connectivity index (χ0v) is 11.0. The lowest BCUT2D eigenvalue weighted by atomic mass is 10.0. The van der Waals surface area contributed by atoms with E-state index in [2.05, 4.69) is 10.0 Å². The maximum Gasteiger partial charge on any atom is 0.248 e. The van der Waals surface area contributed by atoms with E-state index in [0.29, 0.717) is 10.5 Å². The third kappa shape index (κ3) is 4.07. The van der Waals surface area contributed by atoms with Crippen molar-refractivity contribution in [3.8, 4) is 0 Å². The molecular formula is C11H13F2N3O2S. The maximum atomic E-state index is 12.8. The Morgan fingerprint density at radius 3 is 2.47 bits per heavy atom. The molecule has 3 atom stereocenters. The molecular weight excluding hydrogens is 276 g/mol. The van der Waals surface area contributed by atoms with Crippen LogP contribution in [0.2, 0.25) is 0 Å². The summed E-state index contributed by atoms with van der Waals surface area (Å²) >= 11 is -1.69. The average molecular weight is 289 g/mol. The highest BCUT2D eigenvalue weighted by atomic mass is 32.2. The normalized spacial score (nSPS) is 15.4. The van der Waals surface area contributed by atoms with E-state index in [0.717, 1.165) is 0 Å². The summed E-state index contributed by atoms with van der Waals surface area (Å²) in [5, 5.41) is 3.32. The van der Waals surface area contributed by atoms with Gasteiger partial charge in [0, 0.05) is 23.2 Å². The number of alkyl halides is 2. The van der Waals surface area contributed by atoms with Crippen molar-refractivity contribution >= 4 is 11.2 Å². The number of benzene rings is 1. The van der Waals surface area contributed by atoms with Crippen LogP contribution in [0.3, 0.4) is 0 Å². The predicted octanol–water partition coefficient (Wildman–Crippen LogP) is 3.06. The minimum atomic E-state index is -1.69. The first-order valence-corrected chi connectivity index (χ1v) is 6.67. The largest absolute Gasteiger partial charge is 0.609 e. The smallest absolute Gasteiger partial charge is 0.248 e. The van der Waals surface area contributed by atoms with Crippen LogP contribution >= 0.6 is 0 Å². The number of hydrogen-bond acceptors (Lipinski definition) is 3. The van der Waals surface area contributed by atoms with Gasteiger partial charge in [0.1, 0.15) is 6.67 Å². The second-order valence-corrected chi connectivity index (χ2v) is 4.99. The molecule has 0 heterocycles. The lowest BCUT2D eigenvalue weighted by molar-refractivity contribution is 0.0721. The fourth-order valence-electron chi connectivity index (χ4n) is 1.63. The molecule has 0 aliphatic carbocycles. The molecule has 0 saturated carbocycles. The van der Waals surface area contributed by atoms with Gasteiger partial charge in [0.05, 0.1) is 12.1 Å². The second-order valence-electron chi connectivity index (χ2n) is 3.61. The fourth-order valence-corrected chi connectivity index (χ4v) is 2.19. The number of halogens is 2. The summed E-state index contributed by atoms with van der Waals surface area (Å²) in [4.78, 5) is 2.90. The number of hydrogen-bond donors (Lipinski definition) is 0. The van der Waals surface area contributed by atoms with Crippen molar-refractivity contribution in [3.63, 3.8) is 0 Å². The Labute approximate surface area is 112 Å². The van der Waals surface area contributed by atoms with Gasteiger partial charge in [-0.3, -0.25) is 4.39 Å². The Kier molecular flexibility index (Phi) is 6.58. The van der Waals surface area contributed by atoms with E-state index in [9.17, 15) is 13.3 Å². The highest BCUT2D eigenvalue weighted by molar-refractivity contribution is 7.91.